The molecule has 0 radical (unpaired) electrons. The Kier molecular flexibility index (Phi) is 6.20. The number of carbonyl (C=O) groups is 1. The fourth-order valence-electron chi connectivity index (χ4n) is 2.23. The van der Waals surface area contributed by atoms with Crippen LogP contribution in [0.4, 0.5) is 27.4 Å². The van der Waals surface area contributed by atoms with Crippen LogP contribution >= 0.6 is 27.5 Å². The fraction of sp³-hybridized carbons (Fsp3) is 0. The highest BCUT2D eigenvalue weighted by atomic mass is 79.9. The number of amides is 1. The Bertz CT molecular complexity index is 1080. The molecule has 29 heavy (non-hydrogen) atoms. The molecule has 0 aliphatic rings. The maximum Gasteiger partial charge on any atom is 0.355 e. The van der Waals surface area contributed by atoms with Gasteiger partial charge in [0, 0.05) is 15.7 Å². The topological polar surface area (TPSA) is 122 Å². The molecule has 0 aliphatic heterocycles. The zero-order valence-electron chi connectivity index (χ0n) is 14.3. The van der Waals surface area contributed by atoms with Crippen LogP contribution in [0.15, 0.2) is 53.3 Å². The van der Waals surface area contributed by atoms with E-state index in [-0.39, 0.29) is 22.3 Å². The number of hydrazine groups is 1. The van der Waals surface area contributed by atoms with Crippen LogP contribution in [0, 0.1) is 15.9 Å². The highest BCUT2D eigenvalue weighted by Crippen LogP contribution is 2.31. The molecule has 2 aromatic carbocycles. The van der Waals surface area contributed by atoms with E-state index in [0.29, 0.717) is 5.56 Å². The monoisotopic (exact) mass is 480 g/mol. The third-order valence-corrected chi connectivity index (χ3v) is 4.41. The number of nitro groups is 1. The van der Waals surface area contributed by atoms with E-state index in [1.165, 1.54) is 12.1 Å². The van der Waals surface area contributed by atoms with E-state index in [4.69, 9.17) is 11.6 Å². The molecule has 0 fully saturated rings. The van der Waals surface area contributed by atoms with Gasteiger partial charge in [-0.15, -0.1) is 0 Å². The van der Waals surface area contributed by atoms with Crippen LogP contribution in [0.3, 0.4) is 0 Å². The van der Waals surface area contributed by atoms with Crippen molar-refractivity contribution in [2.45, 2.75) is 0 Å². The van der Waals surface area contributed by atoms with Crippen molar-refractivity contribution >= 4 is 56.4 Å². The first-order chi connectivity index (χ1) is 13.8. The van der Waals surface area contributed by atoms with Gasteiger partial charge < -0.3 is 5.32 Å². The van der Waals surface area contributed by atoms with Gasteiger partial charge in [0.05, 0.1) is 9.95 Å². The Balaban J connectivity index is 1.82. The zero-order chi connectivity index (χ0) is 21.0. The molecule has 0 spiro atoms. The van der Waals surface area contributed by atoms with Gasteiger partial charge in [0.15, 0.2) is 0 Å². The van der Waals surface area contributed by atoms with Crippen molar-refractivity contribution in [3.8, 4) is 0 Å². The van der Waals surface area contributed by atoms with Gasteiger partial charge >= 0.3 is 5.69 Å². The van der Waals surface area contributed by atoms with Crippen LogP contribution in [0.2, 0.25) is 5.02 Å². The average Bonchev–Trinajstić information content (AvgIpc) is 2.69. The van der Waals surface area contributed by atoms with Crippen molar-refractivity contribution in [1.29, 1.82) is 0 Å². The molecule has 3 aromatic rings. The summed E-state index contributed by atoms with van der Waals surface area (Å²) in [5.74, 6) is -1.57. The lowest BCUT2D eigenvalue weighted by atomic mass is 10.2. The van der Waals surface area contributed by atoms with Crippen LogP contribution < -0.4 is 16.2 Å². The molecule has 1 aromatic heterocycles. The van der Waals surface area contributed by atoms with E-state index in [1.807, 2.05) is 0 Å². The predicted molar refractivity (Wildman–Crippen MR) is 109 cm³/mol. The van der Waals surface area contributed by atoms with Crippen molar-refractivity contribution in [1.82, 2.24) is 15.4 Å². The summed E-state index contributed by atoms with van der Waals surface area (Å²) in [5.41, 5.74) is 4.85. The summed E-state index contributed by atoms with van der Waals surface area (Å²) in [6.07, 6.45) is 1.06. The second-order valence-electron chi connectivity index (χ2n) is 5.52. The molecule has 0 atom stereocenters. The maximum atomic E-state index is 13.3. The lowest BCUT2D eigenvalue weighted by molar-refractivity contribution is -0.383. The van der Waals surface area contributed by atoms with E-state index < -0.39 is 22.3 Å². The quantitative estimate of drug-likeness (QED) is 0.351. The summed E-state index contributed by atoms with van der Waals surface area (Å²) in [6, 6.07) is 10.2. The Morgan fingerprint density at radius 2 is 1.83 bits per heavy atom. The van der Waals surface area contributed by atoms with Crippen LogP contribution in [0.25, 0.3) is 0 Å². The van der Waals surface area contributed by atoms with Crippen LogP contribution in [-0.4, -0.2) is 20.8 Å². The number of rotatable bonds is 6. The van der Waals surface area contributed by atoms with E-state index in [2.05, 4.69) is 42.1 Å². The molecule has 0 unspecified atom stereocenters. The molecule has 9 nitrogen and oxygen atoms in total. The largest absolute Gasteiger partial charge is 0.355 e. The van der Waals surface area contributed by atoms with Crippen molar-refractivity contribution < 1.29 is 14.1 Å². The van der Waals surface area contributed by atoms with Gasteiger partial charge in [-0.3, -0.25) is 25.8 Å². The molecule has 12 heteroatoms. The third-order valence-electron chi connectivity index (χ3n) is 3.59. The number of anilines is 3. The normalized spacial score (nSPS) is 10.3. The molecular weight excluding hydrogens is 471 g/mol. The first kappa shape index (κ1) is 20.4. The van der Waals surface area contributed by atoms with Gasteiger partial charge in [0.2, 0.25) is 11.6 Å². The van der Waals surface area contributed by atoms with Gasteiger partial charge in [0.25, 0.3) is 5.91 Å². The number of halogens is 3. The predicted octanol–water partition coefficient (Wildman–Crippen LogP) is 4.44. The zero-order valence-corrected chi connectivity index (χ0v) is 16.7. The number of nitrogens with one attached hydrogen (secondary N) is 3. The summed E-state index contributed by atoms with van der Waals surface area (Å²) in [6.45, 7) is 0. The van der Waals surface area contributed by atoms with E-state index >= 15 is 0 Å². The molecule has 148 valence electrons. The standard InChI is InChI=1S/C17H11BrClFN6O3/c18-10-3-1-9(2-4-10)17(27)25-24-16-14(26(28)29)15(21-8-22-16)23-11-5-6-13(20)12(19)7-11/h1-8H,(H,25,27)(H2,21,22,23,24). The highest BCUT2D eigenvalue weighted by Gasteiger charge is 2.24. The van der Waals surface area contributed by atoms with Crippen molar-refractivity contribution in [3.63, 3.8) is 0 Å². The molecule has 0 bridgehead atoms. The van der Waals surface area contributed by atoms with E-state index in [1.54, 1.807) is 24.3 Å². The van der Waals surface area contributed by atoms with E-state index in [0.717, 1.165) is 16.9 Å². The number of nitrogens with zero attached hydrogens (tertiary/aromatic N) is 3. The first-order valence-electron chi connectivity index (χ1n) is 7.88. The van der Waals surface area contributed by atoms with Gasteiger partial charge in [0.1, 0.15) is 12.1 Å². The SMILES string of the molecule is O=C(NNc1ncnc(Nc2ccc(F)c(Cl)c2)c1[N+](=O)[O-])c1ccc(Br)cc1. The van der Waals surface area contributed by atoms with Crippen molar-refractivity contribution in [2.75, 3.05) is 10.7 Å². The Hall–Kier alpha value is -3.31. The van der Waals surface area contributed by atoms with Crippen LogP contribution in [-0.2, 0) is 0 Å². The number of aromatic nitrogens is 2. The number of hydrogen-bond donors (Lipinski definition) is 3. The number of benzene rings is 2. The molecule has 0 saturated heterocycles. The summed E-state index contributed by atoms with van der Waals surface area (Å²) in [4.78, 5) is 30.7. The van der Waals surface area contributed by atoms with Crippen LogP contribution in [0.5, 0.6) is 0 Å². The second-order valence-corrected chi connectivity index (χ2v) is 6.84. The van der Waals surface area contributed by atoms with Gasteiger partial charge in [-0.2, -0.15) is 0 Å². The fourth-order valence-corrected chi connectivity index (χ4v) is 2.68. The molecule has 3 rings (SSSR count). The molecular formula is C17H11BrClFN6O3. The highest BCUT2D eigenvalue weighted by molar-refractivity contribution is 9.10. The maximum absolute atomic E-state index is 13.3. The van der Waals surface area contributed by atoms with Gasteiger partial charge in [-0.05, 0) is 42.5 Å². The molecule has 3 N–H and O–H groups in total. The first-order valence-corrected chi connectivity index (χ1v) is 9.05. The molecule has 1 heterocycles. The van der Waals surface area contributed by atoms with Crippen molar-refractivity contribution in [3.05, 3.63) is 79.8 Å². The van der Waals surface area contributed by atoms with Crippen molar-refractivity contribution in [2.24, 2.45) is 0 Å². The summed E-state index contributed by atoms with van der Waals surface area (Å²) < 4.78 is 14.1. The minimum Gasteiger partial charge on any atom is -0.334 e. The van der Waals surface area contributed by atoms with Gasteiger partial charge in [-0.1, -0.05) is 27.5 Å². The van der Waals surface area contributed by atoms with E-state index in [9.17, 15) is 19.3 Å². The summed E-state index contributed by atoms with van der Waals surface area (Å²) in [7, 11) is 0. The summed E-state index contributed by atoms with van der Waals surface area (Å²) in [5, 5.41) is 14.1. The number of carbonyl (C=O) groups excluding carboxylic acids is 1. The molecule has 0 aliphatic carbocycles. The van der Waals surface area contributed by atoms with Crippen LogP contribution in [0.1, 0.15) is 10.4 Å². The Labute approximate surface area is 176 Å². The third kappa shape index (κ3) is 4.95. The minimum absolute atomic E-state index is 0.160. The second kappa shape index (κ2) is 8.80. The number of hydrogen-bond acceptors (Lipinski definition) is 7. The molecule has 0 saturated carbocycles. The lowest BCUT2D eigenvalue weighted by Crippen LogP contribution is -2.30. The average molecular weight is 482 g/mol. The molecule has 1 amide bonds. The lowest BCUT2D eigenvalue weighted by Gasteiger charge is -2.11. The smallest absolute Gasteiger partial charge is 0.334 e. The van der Waals surface area contributed by atoms with Gasteiger partial charge in [-0.25, -0.2) is 14.4 Å². The minimum atomic E-state index is -0.721. The Morgan fingerprint density at radius 1 is 1.14 bits per heavy atom. The Morgan fingerprint density at radius 3 is 2.48 bits per heavy atom. The summed E-state index contributed by atoms with van der Waals surface area (Å²) >= 11 is 8.99.